The van der Waals surface area contributed by atoms with Crippen LogP contribution in [0.4, 0.5) is 5.69 Å². The van der Waals surface area contributed by atoms with E-state index in [0.29, 0.717) is 0 Å². The standard InChI is InChI=1S/C19H18N2O/c1-13-11-14-7-3-5-9-17(14)21(13)19(22)16-12-20(2)18-10-6-4-8-15(16)18/h3-10,12-13H,11H2,1-2H3/t13-/m0/s1. The van der Waals surface area contributed by atoms with Crippen molar-refractivity contribution in [2.45, 2.75) is 19.4 Å². The van der Waals surface area contributed by atoms with Crippen LogP contribution >= 0.6 is 0 Å². The number of hydrogen-bond donors (Lipinski definition) is 0. The van der Waals surface area contributed by atoms with Gasteiger partial charge in [0, 0.05) is 35.9 Å². The topological polar surface area (TPSA) is 25.2 Å². The number of rotatable bonds is 1. The lowest BCUT2D eigenvalue weighted by Gasteiger charge is -2.22. The van der Waals surface area contributed by atoms with Crippen molar-refractivity contribution in [1.82, 2.24) is 4.57 Å². The maximum absolute atomic E-state index is 13.2. The van der Waals surface area contributed by atoms with Crippen LogP contribution < -0.4 is 4.90 Å². The highest BCUT2D eigenvalue weighted by Gasteiger charge is 2.32. The molecular weight excluding hydrogens is 272 g/mol. The molecule has 110 valence electrons. The van der Waals surface area contributed by atoms with Gasteiger partial charge in [-0.2, -0.15) is 0 Å². The monoisotopic (exact) mass is 290 g/mol. The third-order valence-corrected chi connectivity index (χ3v) is 4.55. The molecule has 22 heavy (non-hydrogen) atoms. The van der Waals surface area contributed by atoms with Crippen molar-refractivity contribution in [1.29, 1.82) is 0 Å². The fourth-order valence-electron chi connectivity index (χ4n) is 3.52. The summed E-state index contributed by atoms with van der Waals surface area (Å²) in [5.74, 6) is 0.0919. The summed E-state index contributed by atoms with van der Waals surface area (Å²) in [5, 5.41) is 1.02. The number of benzene rings is 2. The third-order valence-electron chi connectivity index (χ3n) is 4.55. The first kappa shape index (κ1) is 13.1. The Morgan fingerprint density at radius 3 is 2.68 bits per heavy atom. The highest BCUT2D eigenvalue weighted by atomic mass is 16.2. The van der Waals surface area contributed by atoms with E-state index in [1.165, 1.54) is 5.56 Å². The zero-order chi connectivity index (χ0) is 15.3. The van der Waals surface area contributed by atoms with Gasteiger partial charge in [0.15, 0.2) is 0 Å². The van der Waals surface area contributed by atoms with Crippen LogP contribution in [0.3, 0.4) is 0 Å². The number of nitrogens with zero attached hydrogens (tertiary/aromatic N) is 2. The number of aryl methyl sites for hydroxylation is 1. The minimum Gasteiger partial charge on any atom is -0.350 e. The molecule has 0 spiro atoms. The van der Waals surface area contributed by atoms with Gasteiger partial charge in [-0.3, -0.25) is 4.79 Å². The molecule has 0 aliphatic carbocycles. The summed E-state index contributed by atoms with van der Waals surface area (Å²) in [6, 6.07) is 16.5. The normalized spacial score (nSPS) is 17.0. The fraction of sp³-hybridized carbons (Fsp3) is 0.211. The molecule has 0 radical (unpaired) electrons. The molecule has 1 atom stereocenters. The van der Waals surface area contributed by atoms with Gasteiger partial charge in [-0.1, -0.05) is 36.4 Å². The lowest BCUT2D eigenvalue weighted by Crippen LogP contribution is -2.35. The lowest BCUT2D eigenvalue weighted by atomic mass is 10.1. The van der Waals surface area contributed by atoms with E-state index >= 15 is 0 Å². The first-order valence-corrected chi connectivity index (χ1v) is 7.62. The zero-order valence-electron chi connectivity index (χ0n) is 12.8. The van der Waals surface area contributed by atoms with Crippen molar-refractivity contribution < 1.29 is 4.79 Å². The summed E-state index contributed by atoms with van der Waals surface area (Å²) >= 11 is 0. The number of para-hydroxylation sites is 2. The van der Waals surface area contributed by atoms with E-state index in [1.54, 1.807) is 0 Å². The van der Waals surface area contributed by atoms with Crippen LogP contribution in [0.2, 0.25) is 0 Å². The molecule has 0 fully saturated rings. The number of carbonyl (C=O) groups excluding carboxylic acids is 1. The Morgan fingerprint density at radius 1 is 1.09 bits per heavy atom. The highest BCUT2D eigenvalue weighted by molar-refractivity contribution is 6.15. The van der Waals surface area contributed by atoms with Crippen molar-refractivity contribution in [2.75, 3.05) is 4.90 Å². The predicted molar refractivity (Wildman–Crippen MR) is 89.3 cm³/mol. The molecule has 1 amide bonds. The molecule has 0 N–H and O–H groups in total. The van der Waals surface area contributed by atoms with Crippen molar-refractivity contribution >= 4 is 22.5 Å². The second-order valence-electron chi connectivity index (χ2n) is 6.03. The van der Waals surface area contributed by atoms with E-state index in [9.17, 15) is 4.79 Å². The third kappa shape index (κ3) is 1.78. The van der Waals surface area contributed by atoms with Gasteiger partial charge in [-0.25, -0.2) is 0 Å². The van der Waals surface area contributed by atoms with Gasteiger partial charge in [0.25, 0.3) is 5.91 Å². The van der Waals surface area contributed by atoms with E-state index in [-0.39, 0.29) is 11.9 Å². The number of anilines is 1. The Hall–Kier alpha value is -2.55. The van der Waals surface area contributed by atoms with Gasteiger partial charge in [-0.05, 0) is 31.0 Å². The Balaban J connectivity index is 1.85. The Morgan fingerprint density at radius 2 is 1.82 bits per heavy atom. The number of fused-ring (bicyclic) bond motifs is 2. The fourth-order valence-corrected chi connectivity index (χ4v) is 3.52. The molecule has 3 heteroatoms. The van der Waals surface area contributed by atoms with Crippen LogP contribution in [-0.2, 0) is 13.5 Å². The summed E-state index contributed by atoms with van der Waals surface area (Å²) in [6.45, 7) is 2.11. The second-order valence-corrected chi connectivity index (χ2v) is 6.03. The second kappa shape index (κ2) is 4.73. The molecular formula is C19H18N2O. The molecule has 1 aliphatic heterocycles. The number of amides is 1. The predicted octanol–water partition coefficient (Wildman–Crippen LogP) is 3.77. The van der Waals surface area contributed by atoms with Crippen LogP contribution in [0.15, 0.2) is 54.7 Å². The summed E-state index contributed by atoms with van der Waals surface area (Å²) in [4.78, 5) is 15.1. The van der Waals surface area contributed by atoms with Gasteiger partial charge < -0.3 is 9.47 Å². The molecule has 0 bridgehead atoms. The number of carbonyl (C=O) groups is 1. The van der Waals surface area contributed by atoms with E-state index in [1.807, 2.05) is 65.2 Å². The summed E-state index contributed by atoms with van der Waals surface area (Å²) in [5.41, 5.74) is 4.17. The van der Waals surface area contributed by atoms with Crippen LogP contribution in [0.25, 0.3) is 10.9 Å². The first-order chi connectivity index (χ1) is 10.7. The minimum atomic E-state index is 0.0919. The molecule has 0 saturated carbocycles. The van der Waals surface area contributed by atoms with Gasteiger partial charge in [-0.15, -0.1) is 0 Å². The van der Waals surface area contributed by atoms with Crippen LogP contribution in [0, 0.1) is 0 Å². The summed E-state index contributed by atoms with van der Waals surface area (Å²) in [6.07, 6.45) is 2.87. The van der Waals surface area contributed by atoms with Gasteiger partial charge in [0.1, 0.15) is 0 Å². The van der Waals surface area contributed by atoms with Crippen LogP contribution in [0.1, 0.15) is 22.8 Å². The van der Waals surface area contributed by atoms with Crippen molar-refractivity contribution in [3.05, 3.63) is 65.9 Å². The maximum atomic E-state index is 13.2. The zero-order valence-corrected chi connectivity index (χ0v) is 12.8. The molecule has 3 nitrogen and oxygen atoms in total. The van der Waals surface area contributed by atoms with E-state index in [2.05, 4.69) is 13.0 Å². The van der Waals surface area contributed by atoms with Gasteiger partial charge in [0.05, 0.1) is 5.56 Å². The SMILES string of the molecule is C[C@H]1Cc2ccccc2N1C(=O)c1cn(C)c2ccccc12. The number of aromatic nitrogens is 1. The molecule has 4 rings (SSSR count). The average molecular weight is 290 g/mol. The van der Waals surface area contributed by atoms with Crippen molar-refractivity contribution in [2.24, 2.45) is 7.05 Å². The molecule has 2 aromatic carbocycles. The van der Waals surface area contributed by atoms with Gasteiger partial charge >= 0.3 is 0 Å². The first-order valence-electron chi connectivity index (χ1n) is 7.62. The van der Waals surface area contributed by atoms with E-state index < -0.39 is 0 Å². The number of hydrogen-bond acceptors (Lipinski definition) is 1. The molecule has 1 aliphatic rings. The summed E-state index contributed by atoms with van der Waals surface area (Å²) < 4.78 is 2.02. The van der Waals surface area contributed by atoms with Crippen molar-refractivity contribution in [3.63, 3.8) is 0 Å². The Bertz CT molecular complexity index is 878. The Kier molecular flexibility index (Phi) is 2.83. The van der Waals surface area contributed by atoms with Crippen LogP contribution in [-0.4, -0.2) is 16.5 Å². The highest BCUT2D eigenvalue weighted by Crippen LogP contribution is 2.34. The van der Waals surface area contributed by atoms with E-state index in [0.717, 1.165) is 28.6 Å². The van der Waals surface area contributed by atoms with Crippen molar-refractivity contribution in [3.8, 4) is 0 Å². The quantitative estimate of drug-likeness (QED) is 0.669. The molecule has 3 aromatic rings. The average Bonchev–Trinajstić information content (AvgIpc) is 3.04. The molecule has 1 aromatic heterocycles. The van der Waals surface area contributed by atoms with E-state index in [4.69, 9.17) is 0 Å². The molecule has 0 unspecified atom stereocenters. The van der Waals surface area contributed by atoms with Crippen LogP contribution in [0.5, 0.6) is 0 Å². The maximum Gasteiger partial charge on any atom is 0.260 e. The largest absolute Gasteiger partial charge is 0.350 e. The minimum absolute atomic E-state index is 0.0919. The smallest absolute Gasteiger partial charge is 0.260 e. The lowest BCUT2D eigenvalue weighted by molar-refractivity contribution is 0.0983. The van der Waals surface area contributed by atoms with Gasteiger partial charge in [0.2, 0.25) is 0 Å². The molecule has 2 heterocycles. The molecule has 0 saturated heterocycles. The summed E-state index contributed by atoms with van der Waals surface area (Å²) in [7, 11) is 1.99. The Labute approximate surface area is 129 Å².